The molecule has 1 aromatic rings. The molecule has 2 N–H and O–H groups in total. The van der Waals surface area contributed by atoms with Gasteiger partial charge in [0, 0.05) is 24.7 Å². The van der Waals surface area contributed by atoms with Gasteiger partial charge in [-0.1, -0.05) is 18.2 Å². The van der Waals surface area contributed by atoms with Crippen molar-refractivity contribution in [3.63, 3.8) is 0 Å². The van der Waals surface area contributed by atoms with Crippen molar-refractivity contribution in [2.45, 2.75) is 13.0 Å². The second-order valence-corrected chi connectivity index (χ2v) is 3.69. The van der Waals surface area contributed by atoms with Crippen LogP contribution in [0.25, 0.3) is 0 Å². The molecule has 0 saturated heterocycles. The fourth-order valence-corrected chi connectivity index (χ4v) is 1.65. The molecule has 15 heavy (non-hydrogen) atoms. The molecule has 0 bridgehead atoms. The molecule has 1 rings (SSSR count). The number of nitrogens with zero attached hydrogens (tertiary/aromatic N) is 1. The van der Waals surface area contributed by atoms with Crippen molar-refractivity contribution in [3.05, 3.63) is 29.8 Å². The number of ether oxygens (including phenoxy) is 1. The quantitative estimate of drug-likeness (QED) is 0.799. The SMILES string of the molecule is COc1ccccc1[C@H](C)N(C)CCN. The highest BCUT2D eigenvalue weighted by Crippen LogP contribution is 2.27. The number of likely N-dealkylation sites (N-methyl/N-ethyl adjacent to an activating group) is 1. The summed E-state index contributed by atoms with van der Waals surface area (Å²) in [5.41, 5.74) is 6.75. The summed E-state index contributed by atoms with van der Waals surface area (Å²) in [5.74, 6) is 0.939. The van der Waals surface area contributed by atoms with Crippen LogP contribution in [0.4, 0.5) is 0 Å². The van der Waals surface area contributed by atoms with E-state index in [2.05, 4.69) is 24.9 Å². The Morgan fingerprint density at radius 1 is 1.40 bits per heavy atom. The Kier molecular flexibility index (Phi) is 4.59. The molecule has 3 heteroatoms. The molecule has 3 nitrogen and oxygen atoms in total. The van der Waals surface area contributed by atoms with Crippen LogP contribution >= 0.6 is 0 Å². The minimum Gasteiger partial charge on any atom is -0.496 e. The molecule has 0 spiro atoms. The van der Waals surface area contributed by atoms with Crippen LogP contribution in [0.3, 0.4) is 0 Å². The van der Waals surface area contributed by atoms with Gasteiger partial charge < -0.3 is 10.5 Å². The van der Waals surface area contributed by atoms with Gasteiger partial charge >= 0.3 is 0 Å². The van der Waals surface area contributed by atoms with Gasteiger partial charge in [-0.05, 0) is 20.0 Å². The van der Waals surface area contributed by atoms with Gasteiger partial charge in [0.15, 0.2) is 0 Å². The van der Waals surface area contributed by atoms with Crippen LogP contribution in [0.1, 0.15) is 18.5 Å². The largest absolute Gasteiger partial charge is 0.496 e. The van der Waals surface area contributed by atoms with E-state index >= 15 is 0 Å². The summed E-state index contributed by atoms with van der Waals surface area (Å²) >= 11 is 0. The maximum absolute atomic E-state index is 5.54. The van der Waals surface area contributed by atoms with Crippen molar-refractivity contribution >= 4 is 0 Å². The Bertz CT molecular complexity index is 301. The Morgan fingerprint density at radius 2 is 2.07 bits per heavy atom. The van der Waals surface area contributed by atoms with E-state index in [1.807, 2.05) is 18.2 Å². The van der Waals surface area contributed by atoms with E-state index in [-0.39, 0.29) is 0 Å². The Labute approximate surface area is 91.8 Å². The van der Waals surface area contributed by atoms with Crippen LogP contribution in [-0.4, -0.2) is 32.1 Å². The van der Waals surface area contributed by atoms with Crippen molar-refractivity contribution in [1.29, 1.82) is 0 Å². The van der Waals surface area contributed by atoms with Gasteiger partial charge in [-0.2, -0.15) is 0 Å². The molecular weight excluding hydrogens is 188 g/mol. The highest BCUT2D eigenvalue weighted by atomic mass is 16.5. The molecule has 0 radical (unpaired) electrons. The van der Waals surface area contributed by atoms with Crippen molar-refractivity contribution in [2.24, 2.45) is 5.73 Å². The summed E-state index contributed by atoms with van der Waals surface area (Å²) in [6.45, 7) is 3.72. The molecule has 0 aliphatic rings. The number of benzene rings is 1. The zero-order valence-corrected chi connectivity index (χ0v) is 9.73. The molecule has 0 saturated carbocycles. The minimum absolute atomic E-state index is 0.324. The number of hydrogen-bond acceptors (Lipinski definition) is 3. The van der Waals surface area contributed by atoms with E-state index in [9.17, 15) is 0 Å². The van der Waals surface area contributed by atoms with E-state index in [0.717, 1.165) is 12.3 Å². The van der Waals surface area contributed by atoms with Gasteiger partial charge in [0.25, 0.3) is 0 Å². The normalized spacial score (nSPS) is 12.9. The van der Waals surface area contributed by atoms with Crippen molar-refractivity contribution in [3.8, 4) is 5.75 Å². The summed E-state index contributed by atoms with van der Waals surface area (Å²) < 4.78 is 5.34. The summed E-state index contributed by atoms with van der Waals surface area (Å²) in [4.78, 5) is 2.22. The van der Waals surface area contributed by atoms with Crippen LogP contribution < -0.4 is 10.5 Å². The fraction of sp³-hybridized carbons (Fsp3) is 0.500. The third-order valence-corrected chi connectivity index (χ3v) is 2.73. The smallest absolute Gasteiger partial charge is 0.123 e. The van der Waals surface area contributed by atoms with Gasteiger partial charge in [-0.15, -0.1) is 0 Å². The van der Waals surface area contributed by atoms with Gasteiger partial charge in [-0.25, -0.2) is 0 Å². The monoisotopic (exact) mass is 208 g/mol. The Hall–Kier alpha value is -1.06. The maximum Gasteiger partial charge on any atom is 0.123 e. The molecule has 1 aromatic carbocycles. The first-order valence-electron chi connectivity index (χ1n) is 5.24. The van der Waals surface area contributed by atoms with Crippen LogP contribution in [0.15, 0.2) is 24.3 Å². The highest BCUT2D eigenvalue weighted by molar-refractivity contribution is 5.35. The van der Waals surface area contributed by atoms with Crippen LogP contribution in [0.5, 0.6) is 5.75 Å². The number of nitrogens with two attached hydrogens (primary N) is 1. The first-order chi connectivity index (χ1) is 7.20. The van der Waals surface area contributed by atoms with Crippen LogP contribution in [-0.2, 0) is 0 Å². The number of hydrogen-bond donors (Lipinski definition) is 1. The standard InChI is InChI=1S/C12H20N2O/c1-10(14(2)9-8-13)11-6-4-5-7-12(11)15-3/h4-7,10H,8-9,13H2,1-3H3/t10-/m0/s1. The topological polar surface area (TPSA) is 38.5 Å². The number of rotatable bonds is 5. The molecule has 0 heterocycles. The third-order valence-electron chi connectivity index (χ3n) is 2.73. The predicted octanol–water partition coefficient (Wildman–Crippen LogP) is 1.65. The zero-order chi connectivity index (χ0) is 11.3. The summed E-state index contributed by atoms with van der Waals surface area (Å²) in [6, 6.07) is 8.42. The Balaban J connectivity index is 2.84. The second-order valence-electron chi connectivity index (χ2n) is 3.69. The van der Waals surface area contributed by atoms with Crippen LogP contribution in [0.2, 0.25) is 0 Å². The average Bonchev–Trinajstić information content (AvgIpc) is 2.28. The van der Waals surface area contributed by atoms with Crippen LogP contribution in [0, 0.1) is 0 Å². The molecule has 0 aliphatic carbocycles. The molecule has 0 amide bonds. The maximum atomic E-state index is 5.54. The first kappa shape index (κ1) is 12.0. The Morgan fingerprint density at radius 3 is 2.67 bits per heavy atom. The fourth-order valence-electron chi connectivity index (χ4n) is 1.65. The third kappa shape index (κ3) is 2.94. The van der Waals surface area contributed by atoms with E-state index in [4.69, 9.17) is 10.5 Å². The molecule has 0 fully saturated rings. The van der Waals surface area contributed by atoms with Crippen molar-refractivity contribution < 1.29 is 4.74 Å². The predicted molar refractivity (Wildman–Crippen MR) is 63.1 cm³/mol. The minimum atomic E-state index is 0.324. The van der Waals surface area contributed by atoms with E-state index in [0.29, 0.717) is 12.6 Å². The summed E-state index contributed by atoms with van der Waals surface area (Å²) in [6.07, 6.45) is 0. The van der Waals surface area contributed by atoms with Gasteiger partial charge in [-0.3, -0.25) is 4.90 Å². The van der Waals surface area contributed by atoms with Crippen molar-refractivity contribution in [1.82, 2.24) is 4.90 Å². The lowest BCUT2D eigenvalue weighted by atomic mass is 10.1. The number of methoxy groups -OCH3 is 1. The van der Waals surface area contributed by atoms with Gasteiger partial charge in [0.1, 0.15) is 5.75 Å². The number of para-hydroxylation sites is 1. The second kappa shape index (κ2) is 5.73. The summed E-state index contributed by atoms with van der Waals surface area (Å²) in [5, 5.41) is 0. The van der Waals surface area contributed by atoms with E-state index < -0.39 is 0 Å². The average molecular weight is 208 g/mol. The molecule has 84 valence electrons. The summed E-state index contributed by atoms with van der Waals surface area (Å²) in [7, 11) is 3.78. The lowest BCUT2D eigenvalue weighted by Gasteiger charge is -2.25. The highest BCUT2D eigenvalue weighted by Gasteiger charge is 2.14. The molecule has 0 aromatic heterocycles. The molecule has 1 atom stereocenters. The van der Waals surface area contributed by atoms with E-state index in [1.54, 1.807) is 7.11 Å². The molecule has 0 unspecified atom stereocenters. The lowest BCUT2D eigenvalue weighted by molar-refractivity contribution is 0.262. The lowest BCUT2D eigenvalue weighted by Crippen LogP contribution is -2.28. The van der Waals surface area contributed by atoms with Gasteiger partial charge in [0.2, 0.25) is 0 Å². The molecular formula is C12H20N2O. The first-order valence-corrected chi connectivity index (χ1v) is 5.24. The molecule has 0 aliphatic heterocycles. The van der Waals surface area contributed by atoms with E-state index in [1.165, 1.54) is 5.56 Å². The zero-order valence-electron chi connectivity index (χ0n) is 9.73. The van der Waals surface area contributed by atoms with Gasteiger partial charge in [0.05, 0.1) is 7.11 Å². The van der Waals surface area contributed by atoms with Crippen molar-refractivity contribution in [2.75, 3.05) is 27.2 Å².